The predicted octanol–water partition coefficient (Wildman–Crippen LogP) is 4.81. The van der Waals surface area contributed by atoms with Crippen molar-refractivity contribution < 1.29 is 33.6 Å². The Morgan fingerprint density at radius 1 is 0.875 bits per heavy atom. The molecule has 2 unspecified atom stereocenters. The molecule has 0 fully saturated rings. The molecule has 0 saturated heterocycles. The van der Waals surface area contributed by atoms with E-state index in [1.54, 1.807) is 6.92 Å². The maximum absolute atomic E-state index is 12.0. The van der Waals surface area contributed by atoms with Crippen molar-refractivity contribution in [3.05, 3.63) is 0 Å². The van der Waals surface area contributed by atoms with E-state index in [0.29, 0.717) is 13.2 Å². The molecule has 2 atom stereocenters. The van der Waals surface area contributed by atoms with E-state index >= 15 is 0 Å². The summed E-state index contributed by atoms with van der Waals surface area (Å²) in [6, 6.07) is 0. The fraction of sp³-hybridized carbons (Fsp3) is 0.958. The van der Waals surface area contributed by atoms with Crippen LogP contribution in [0.3, 0.4) is 0 Å². The van der Waals surface area contributed by atoms with E-state index in [2.05, 4.69) is 6.92 Å². The SMILES string of the molecule is CCCCCCCCCCCCCCCOCC(COP(=O)(O)CC[NH2+]C)OC(=O)CC. The van der Waals surface area contributed by atoms with Gasteiger partial charge in [0.15, 0.2) is 0 Å². The van der Waals surface area contributed by atoms with Gasteiger partial charge in [-0.25, -0.2) is 0 Å². The Balaban J connectivity index is 3.76. The summed E-state index contributed by atoms with van der Waals surface area (Å²) in [5.74, 6) is -0.363. The van der Waals surface area contributed by atoms with Gasteiger partial charge in [0.1, 0.15) is 6.10 Å². The van der Waals surface area contributed by atoms with Crippen LogP contribution in [0.15, 0.2) is 0 Å². The van der Waals surface area contributed by atoms with Gasteiger partial charge in [0.05, 0.1) is 33.0 Å². The van der Waals surface area contributed by atoms with Crippen LogP contribution >= 0.6 is 7.60 Å². The first-order chi connectivity index (χ1) is 15.4. The second-order valence-electron chi connectivity index (χ2n) is 8.64. The van der Waals surface area contributed by atoms with Crippen LogP contribution in [0.1, 0.15) is 104 Å². The molecule has 0 aliphatic rings. The second-order valence-corrected chi connectivity index (χ2v) is 10.6. The molecule has 0 aromatic rings. The Bertz CT molecular complexity index is 477. The molecule has 7 nitrogen and oxygen atoms in total. The molecule has 192 valence electrons. The number of carbonyl (C=O) groups excluding carboxylic acids is 1. The highest BCUT2D eigenvalue weighted by Gasteiger charge is 2.24. The molecule has 8 heteroatoms. The van der Waals surface area contributed by atoms with Gasteiger partial charge in [-0.15, -0.1) is 0 Å². The number of ether oxygens (including phenoxy) is 2. The van der Waals surface area contributed by atoms with E-state index in [1.807, 2.05) is 12.4 Å². The summed E-state index contributed by atoms with van der Waals surface area (Å²) >= 11 is 0. The van der Waals surface area contributed by atoms with Gasteiger partial charge in [-0.2, -0.15) is 0 Å². The smallest absolute Gasteiger partial charge is 0.333 e. The first-order valence-electron chi connectivity index (χ1n) is 13.0. The van der Waals surface area contributed by atoms with Crippen LogP contribution < -0.4 is 5.32 Å². The summed E-state index contributed by atoms with van der Waals surface area (Å²) in [6.07, 6.45) is 16.6. The third-order valence-electron chi connectivity index (χ3n) is 5.45. The Morgan fingerprint density at radius 2 is 1.41 bits per heavy atom. The zero-order chi connectivity index (χ0) is 23.9. The maximum Gasteiger partial charge on any atom is 0.333 e. The van der Waals surface area contributed by atoms with Crippen LogP contribution in [0.4, 0.5) is 0 Å². The van der Waals surface area contributed by atoms with Crippen LogP contribution in [0.2, 0.25) is 0 Å². The van der Waals surface area contributed by atoms with E-state index in [1.165, 1.54) is 70.6 Å². The lowest BCUT2D eigenvalue weighted by Gasteiger charge is -2.19. The van der Waals surface area contributed by atoms with Crippen molar-refractivity contribution in [2.75, 3.05) is 39.6 Å². The minimum absolute atomic E-state index is 0.0672. The van der Waals surface area contributed by atoms with Crippen LogP contribution in [-0.4, -0.2) is 56.5 Å². The number of unbranched alkanes of at least 4 members (excludes halogenated alkanes) is 12. The number of hydrogen-bond acceptors (Lipinski definition) is 5. The van der Waals surface area contributed by atoms with Gasteiger partial charge in [-0.05, 0) is 6.42 Å². The van der Waals surface area contributed by atoms with Gasteiger partial charge < -0.3 is 24.2 Å². The topological polar surface area (TPSA) is 98.7 Å². The second kappa shape index (κ2) is 22.3. The zero-order valence-corrected chi connectivity index (χ0v) is 21.9. The van der Waals surface area contributed by atoms with Gasteiger partial charge in [0, 0.05) is 13.0 Å². The molecule has 0 aliphatic carbocycles. The first kappa shape index (κ1) is 31.5. The molecule has 32 heavy (non-hydrogen) atoms. The Hall–Kier alpha value is -0.460. The molecular formula is C24H51NO6P+. The van der Waals surface area contributed by atoms with Gasteiger partial charge in [-0.3, -0.25) is 9.36 Å². The molecule has 0 spiro atoms. The fourth-order valence-electron chi connectivity index (χ4n) is 3.38. The van der Waals surface area contributed by atoms with E-state index in [0.717, 1.165) is 12.8 Å². The highest BCUT2D eigenvalue weighted by molar-refractivity contribution is 7.52. The third kappa shape index (κ3) is 21.4. The largest absolute Gasteiger partial charge is 0.457 e. The Morgan fingerprint density at radius 3 is 1.91 bits per heavy atom. The third-order valence-corrected chi connectivity index (χ3v) is 6.82. The van der Waals surface area contributed by atoms with Crippen molar-refractivity contribution in [2.24, 2.45) is 0 Å². The van der Waals surface area contributed by atoms with E-state index in [-0.39, 0.29) is 31.8 Å². The quantitative estimate of drug-likeness (QED) is 0.117. The van der Waals surface area contributed by atoms with Crippen LogP contribution in [0.5, 0.6) is 0 Å². The molecular weight excluding hydrogens is 429 g/mol. The number of esters is 1. The molecule has 0 amide bonds. The summed E-state index contributed by atoms with van der Waals surface area (Å²) in [7, 11) is -1.84. The zero-order valence-electron chi connectivity index (χ0n) is 21.0. The number of quaternary nitrogens is 1. The van der Waals surface area contributed by atoms with E-state index in [4.69, 9.17) is 14.0 Å². The number of carbonyl (C=O) groups is 1. The van der Waals surface area contributed by atoms with Crippen molar-refractivity contribution in [1.82, 2.24) is 0 Å². The van der Waals surface area contributed by atoms with Crippen molar-refractivity contribution in [3.8, 4) is 0 Å². The highest BCUT2D eigenvalue weighted by Crippen LogP contribution is 2.40. The monoisotopic (exact) mass is 480 g/mol. The highest BCUT2D eigenvalue weighted by atomic mass is 31.2. The summed E-state index contributed by atoms with van der Waals surface area (Å²) in [6.45, 7) is 5.13. The summed E-state index contributed by atoms with van der Waals surface area (Å²) in [5.41, 5.74) is 0. The average molecular weight is 481 g/mol. The molecule has 0 saturated carbocycles. The van der Waals surface area contributed by atoms with Crippen LogP contribution in [0.25, 0.3) is 0 Å². The lowest BCUT2D eigenvalue weighted by Crippen LogP contribution is -2.80. The Kier molecular flexibility index (Phi) is 22.0. The minimum Gasteiger partial charge on any atom is -0.457 e. The van der Waals surface area contributed by atoms with Crippen LogP contribution in [-0.2, 0) is 23.4 Å². The molecule has 0 rings (SSSR count). The van der Waals surface area contributed by atoms with Gasteiger partial charge in [0.25, 0.3) is 0 Å². The predicted molar refractivity (Wildman–Crippen MR) is 130 cm³/mol. The maximum atomic E-state index is 12.0. The van der Waals surface area contributed by atoms with Gasteiger partial charge in [-0.1, -0.05) is 90.9 Å². The van der Waals surface area contributed by atoms with Gasteiger partial charge >= 0.3 is 13.6 Å². The lowest BCUT2D eigenvalue weighted by atomic mass is 10.0. The molecule has 0 bridgehead atoms. The van der Waals surface area contributed by atoms with E-state index < -0.39 is 13.7 Å². The molecule has 3 N–H and O–H groups in total. The minimum atomic E-state index is -3.67. The van der Waals surface area contributed by atoms with Crippen LogP contribution in [0, 0.1) is 0 Å². The fourth-order valence-corrected chi connectivity index (χ4v) is 4.49. The Labute approximate surface area is 196 Å². The lowest BCUT2D eigenvalue weighted by molar-refractivity contribution is -0.622. The first-order valence-corrected chi connectivity index (χ1v) is 14.7. The van der Waals surface area contributed by atoms with Crippen molar-refractivity contribution in [2.45, 2.75) is 110 Å². The summed E-state index contributed by atoms with van der Waals surface area (Å²) in [5, 5.41) is 1.82. The molecule has 0 aromatic heterocycles. The number of rotatable bonds is 24. The number of hydrogen-bond donors (Lipinski definition) is 2. The normalized spacial score (nSPS) is 14.2. The van der Waals surface area contributed by atoms with Crippen molar-refractivity contribution in [1.29, 1.82) is 0 Å². The molecule has 0 heterocycles. The average Bonchev–Trinajstić information content (AvgIpc) is 2.78. The van der Waals surface area contributed by atoms with Crippen molar-refractivity contribution >= 4 is 13.6 Å². The number of nitrogens with two attached hydrogens (primary N) is 1. The summed E-state index contributed by atoms with van der Waals surface area (Å²) < 4.78 is 28.1. The van der Waals surface area contributed by atoms with Crippen molar-refractivity contribution in [3.63, 3.8) is 0 Å². The standard InChI is InChI=1S/C24H50NO6P/c1-4-6-7-8-9-10-11-12-13-14-15-16-17-19-29-21-23(31-24(26)5-2)22-30-32(27,28)20-18-25-3/h23,25H,4-22H2,1-3H3,(H,27,28)/p+1. The van der Waals surface area contributed by atoms with Gasteiger partial charge in [0.2, 0.25) is 0 Å². The summed E-state index contributed by atoms with van der Waals surface area (Å²) in [4.78, 5) is 21.4. The molecule has 0 radical (unpaired) electrons. The molecule has 0 aromatic carbocycles. The van der Waals surface area contributed by atoms with E-state index in [9.17, 15) is 14.3 Å². The molecule has 0 aliphatic heterocycles.